The van der Waals surface area contributed by atoms with E-state index in [2.05, 4.69) is 65.1 Å². The quantitative estimate of drug-likeness (QED) is 0.171. The monoisotopic (exact) mass is 494 g/mol. The third-order valence-corrected chi connectivity index (χ3v) is 10.4. The summed E-state index contributed by atoms with van der Waals surface area (Å²) >= 11 is 5.16. The molecule has 0 heterocycles. The van der Waals surface area contributed by atoms with E-state index in [4.69, 9.17) is 0 Å². The minimum Gasteiger partial charge on any atom is -0.0951 e. The van der Waals surface area contributed by atoms with Crippen LogP contribution < -0.4 is 0 Å². The smallest absolute Gasteiger partial charge is 0.0487 e. The second-order valence-corrected chi connectivity index (χ2v) is 18.0. The Morgan fingerprint density at radius 2 is 1.53 bits per heavy atom. The van der Waals surface area contributed by atoms with Gasteiger partial charge in [-0.15, -0.1) is 0 Å². The van der Waals surface area contributed by atoms with Crippen LogP contribution >= 0.6 is 45.2 Å². The Labute approximate surface area is 140 Å². The highest BCUT2D eigenvalue weighted by atomic mass is 127. The summed E-state index contributed by atoms with van der Waals surface area (Å²) in [4.78, 5) is 0. The first-order chi connectivity index (χ1) is 8.16. The van der Waals surface area contributed by atoms with Crippen molar-refractivity contribution < 1.29 is 0 Å². The van der Waals surface area contributed by atoms with E-state index >= 15 is 0 Å². The Morgan fingerprint density at radius 1 is 1.00 bits per heavy atom. The molecule has 0 aromatic rings. The molecule has 0 aromatic heterocycles. The molecular formula is C13H28I2Si2. The molecule has 0 unspecified atom stereocenters. The summed E-state index contributed by atoms with van der Waals surface area (Å²) in [6.45, 7) is 4.49. The van der Waals surface area contributed by atoms with Crippen LogP contribution in [0.3, 0.4) is 0 Å². The topological polar surface area (TPSA) is 0 Å². The number of halogens is 2. The molecule has 0 aliphatic rings. The Hall–Kier alpha value is 1.63. The zero-order valence-electron chi connectivity index (χ0n) is 11.5. The highest BCUT2D eigenvalue weighted by molar-refractivity contribution is 14.2. The Morgan fingerprint density at radius 3 is 2.06 bits per heavy atom. The predicted octanol–water partition coefficient (Wildman–Crippen LogP) is 4.58. The maximum Gasteiger partial charge on any atom is 0.0487 e. The Kier molecular flexibility index (Phi) is 15.4. The molecule has 0 aliphatic heterocycles. The van der Waals surface area contributed by atoms with Gasteiger partial charge in [0.05, 0.1) is 0 Å². The van der Waals surface area contributed by atoms with Gasteiger partial charge in [0, 0.05) is 20.6 Å². The highest BCUT2D eigenvalue weighted by Gasteiger charge is 1.98. The molecule has 17 heavy (non-hydrogen) atoms. The lowest BCUT2D eigenvalue weighted by atomic mass is 10.1. The summed E-state index contributed by atoms with van der Waals surface area (Å²) in [6.07, 6.45) is 11.3. The van der Waals surface area contributed by atoms with Crippen LogP contribution in [0.15, 0.2) is 11.3 Å². The highest BCUT2D eigenvalue weighted by Crippen LogP contribution is 2.13. The minimum atomic E-state index is 0.144. The summed E-state index contributed by atoms with van der Waals surface area (Å²) in [6, 6.07) is 3.11. The van der Waals surface area contributed by atoms with Crippen LogP contribution in [0.25, 0.3) is 0 Å². The third-order valence-electron chi connectivity index (χ3n) is 3.24. The second-order valence-electron chi connectivity index (χ2n) is 4.89. The van der Waals surface area contributed by atoms with Gasteiger partial charge in [-0.1, -0.05) is 107 Å². The second kappa shape index (κ2) is 14.1. The first kappa shape index (κ1) is 18.6. The van der Waals surface area contributed by atoms with Crippen molar-refractivity contribution in [1.29, 1.82) is 0 Å². The lowest BCUT2D eigenvalue weighted by Gasteiger charge is -2.03. The third kappa shape index (κ3) is 15.6. The van der Waals surface area contributed by atoms with Crippen molar-refractivity contribution in [2.45, 2.75) is 66.0 Å². The van der Waals surface area contributed by atoms with E-state index in [9.17, 15) is 0 Å². The van der Waals surface area contributed by atoms with Crippen molar-refractivity contribution in [3.05, 3.63) is 11.3 Å². The molecule has 0 rings (SSSR count). The van der Waals surface area contributed by atoms with Crippen molar-refractivity contribution in [3.8, 4) is 0 Å². The van der Waals surface area contributed by atoms with Gasteiger partial charge in [0.1, 0.15) is 0 Å². The summed E-state index contributed by atoms with van der Waals surface area (Å²) in [7, 11) is 0.403. The fourth-order valence-corrected chi connectivity index (χ4v) is 6.95. The van der Waals surface area contributed by atoms with E-state index in [0.29, 0.717) is 0 Å². The van der Waals surface area contributed by atoms with Gasteiger partial charge in [-0.3, -0.25) is 0 Å². The zero-order chi connectivity index (χ0) is 12.9. The standard InChI is InChI=1S/C13H28I2Si2/c1-3-12(2)16-10-8-6-4-5-7-9-11-17-13(14)15/h3,13H,4-11,16-17H2,1-2H3. The van der Waals surface area contributed by atoms with Crippen LogP contribution in [0.4, 0.5) is 0 Å². The van der Waals surface area contributed by atoms with Crippen molar-refractivity contribution in [3.63, 3.8) is 0 Å². The van der Waals surface area contributed by atoms with Gasteiger partial charge in [-0.05, 0) is 13.8 Å². The molecule has 0 fully saturated rings. The molecule has 0 saturated heterocycles. The molecule has 102 valence electrons. The number of allylic oxidation sites excluding steroid dienone is 2. The molecule has 0 amide bonds. The fourth-order valence-electron chi connectivity index (χ4n) is 1.91. The predicted molar refractivity (Wildman–Crippen MR) is 106 cm³/mol. The lowest BCUT2D eigenvalue weighted by Crippen LogP contribution is -1.98. The normalized spacial score (nSPS) is 13.8. The fraction of sp³-hybridized carbons (Fsp3) is 0.846. The molecule has 0 nitrogen and oxygen atoms in total. The minimum absolute atomic E-state index is 0.144. The van der Waals surface area contributed by atoms with Gasteiger partial charge >= 0.3 is 0 Å². The maximum atomic E-state index is 2.58. The van der Waals surface area contributed by atoms with Crippen LogP contribution in [-0.4, -0.2) is 20.6 Å². The first-order valence-electron chi connectivity index (χ1n) is 7.06. The molecule has 0 N–H and O–H groups in total. The molecule has 0 aromatic carbocycles. The van der Waals surface area contributed by atoms with E-state index in [0.717, 1.165) is 1.55 Å². The van der Waals surface area contributed by atoms with E-state index in [1.54, 1.807) is 11.2 Å². The SMILES string of the molecule is CC=C(C)[SiH2]CCCCCCCC[SiH2]C(I)I. The van der Waals surface area contributed by atoms with Crippen LogP contribution in [0.5, 0.6) is 0 Å². The van der Waals surface area contributed by atoms with Gasteiger partial charge in [0.2, 0.25) is 0 Å². The Balaban J connectivity index is 3.04. The van der Waals surface area contributed by atoms with Crippen LogP contribution in [0.2, 0.25) is 12.1 Å². The van der Waals surface area contributed by atoms with Crippen LogP contribution in [0, 0.1) is 0 Å². The van der Waals surface area contributed by atoms with Crippen molar-refractivity contribution in [2.75, 3.05) is 0 Å². The molecule has 0 saturated carbocycles. The van der Waals surface area contributed by atoms with Crippen LogP contribution in [0.1, 0.15) is 52.4 Å². The zero-order valence-corrected chi connectivity index (χ0v) is 18.6. The summed E-state index contributed by atoms with van der Waals surface area (Å²) in [5.41, 5.74) is 0. The van der Waals surface area contributed by atoms with Gasteiger partial charge in [-0.25, -0.2) is 0 Å². The molecule has 0 atom stereocenters. The van der Waals surface area contributed by atoms with Crippen molar-refractivity contribution >= 4 is 64.2 Å². The van der Waals surface area contributed by atoms with E-state index in [1.807, 2.05) is 0 Å². The van der Waals surface area contributed by atoms with Gasteiger partial charge in [0.25, 0.3) is 0 Å². The summed E-state index contributed by atoms with van der Waals surface area (Å²) in [5, 5.41) is 1.70. The number of rotatable bonds is 11. The average Bonchev–Trinajstić information content (AvgIpc) is 2.30. The molecule has 0 spiro atoms. The van der Waals surface area contributed by atoms with E-state index < -0.39 is 0 Å². The van der Waals surface area contributed by atoms with Gasteiger partial charge < -0.3 is 0 Å². The van der Waals surface area contributed by atoms with Gasteiger partial charge in [0.15, 0.2) is 0 Å². The maximum absolute atomic E-state index is 2.58. The average molecular weight is 494 g/mol. The number of alkyl halides is 2. The molecule has 0 bridgehead atoms. The number of unbranched alkanes of at least 4 members (excludes halogenated alkanes) is 5. The van der Waals surface area contributed by atoms with Crippen molar-refractivity contribution in [2.24, 2.45) is 0 Å². The largest absolute Gasteiger partial charge is 0.0951 e. The van der Waals surface area contributed by atoms with E-state index in [1.165, 1.54) is 44.6 Å². The molecule has 0 aliphatic carbocycles. The van der Waals surface area contributed by atoms with Crippen LogP contribution in [-0.2, 0) is 0 Å². The summed E-state index contributed by atoms with van der Waals surface area (Å²) < 4.78 is 0.977. The number of hydrogen-bond donors (Lipinski definition) is 0. The van der Waals surface area contributed by atoms with E-state index in [-0.39, 0.29) is 19.0 Å². The Bertz CT molecular complexity index is 194. The molecular weight excluding hydrogens is 466 g/mol. The van der Waals surface area contributed by atoms with Gasteiger partial charge in [-0.2, -0.15) is 0 Å². The molecule has 0 radical (unpaired) electrons. The first-order valence-corrected chi connectivity index (χ1v) is 13.1. The van der Waals surface area contributed by atoms with Crippen molar-refractivity contribution in [1.82, 2.24) is 0 Å². The summed E-state index contributed by atoms with van der Waals surface area (Å²) in [5.74, 6) is 0. The lowest BCUT2D eigenvalue weighted by molar-refractivity contribution is 0.623. The molecule has 4 heteroatoms. The number of hydrogen-bond acceptors (Lipinski definition) is 0.